The minimum atomic E-state index is -3.58. The molecule has 0 aliphatic carbocycles. The van der Waals surface area contributed by atoms with Crippen molar-refractivity contribution < 1.29 is 18.3 Å². The van der Waals surface area contributed by atoms with Crippen LogP contribution in [0.4, 0.5) is 14.5 Å². The van der Waals surface area contributed by atoms with E-state index >= 15 is 0 Å². The van der Waals surface area contributed by atoms with E-state index in [1.165, 1.54) is 12.1 Å². The number of aromatic nitrogens is 2. The van der Waals surface area contributed by atoms with Gasteiger partial charge in [0, 0.05) is 29.6 Å². The molecule has 106 valence electrons. The molecule has 3 rings (SSSR count). The fourth-order valence-electron chi connectivity index (χ4n) is 2.08. The number of fused-ring (bicyclic) bond motifs is 1. The van der Waals surface area contributed by atoms with Crippen LogP contribution in [0, 0.1) is 13.8 Å². The standard InChI is InChI=1S/C13H13F2N3O2/c1-7-10(8(2)18-17-7)6-16-9-3-4-11-12(5-9)20-13(14,15)19-11/h3-5,16H,6H2,1-2H3,(H,17,18). The Hall–Kier alpha value is -2.31. The molecule has 7 heteroatoms. The molecule has 1 aromatic carbocycles. The molecule has 0 unspecified atom stereocenters. The molecule has 1 aliphatic rings. The van der Waals surface area contributed by atoms with Crippen molar-refractivity contribution in [2.75, 3.05) is 5.32 Å². The van der Waals surface area contributed by atoms with Gasteiger partial charge in [0.25, 0.3) is 0 Å². The van der Waals surface area contributed by atoms with Crippen LogP contribution in [0.2, 0.25) is 0 Å². The Bertz CT molecular complexity index is 636. The smallest absolute Gasteiger partial charge is 0.395 e. The highest BCUT2D eigenvalue weighted by atomic mass is 19.3. The number of aryl methyl sites for hydroxylation is 2. The van der Waals surface area contributed by atoms with Crippen molar-refractivity contribution >= 4 is 5.69 Å². The summed E-state index contributed by atoms with van der Waals surface area (Å²) in [5.74, 6) is 0.0665. The molecule has 1 aliphatic heterocycles. The van der Waals surface area contributed by atoms with Gasteiger partial charge in [0.15, 0.2) is 11.5 Å². The number of hydrogen-bond donors (Lipinski definition) is 2. The molecular formula is C13H13F2N3O2. The monoisotopic (exact) mass is 281 g/mol. The van der Waals surface area contributed by atoms with Gasteiger partial charge in [-0.2, -0.15) is 5.10 Å². The minimum absolute atomic E-state index is 0.0284. The minimum Gasteiger partial charge on any atom is -0.395 e. The molecule has 1 aromatic heterocycles. The van der Waals surface area contributed by atoms with Crippen LogP contribution in [0.5, 0.6) is 11.5 Å². The number of aromatic amines is 1. The maximum absolute atomic E-state index is 12.9. The van der Waals surface area contributed by atoms with Crippen LogP contribution in [0.15, 0.2) is 18.2 Å². The van der Waals surface area contributed by atoms with E-state index in [1.54, 1.807) is 6.07 Å². The molecule has 0 radical (unpaired) electrons. The van der Waals surface area contributed by atoms with E-state index in [9.17, 15) is 8.78 Å². The Morgan fingerprint density at radius 2 is 2.00 bits per heavy atom. The van der Waals surface area contributed by atoms with Crippen molar-refractivity contribution in [1.82, 2.24) is 10.2 Å². The number of hydrogen-bond acceptors (Lipinski definition) is 4. The maximum atomic E-state index is 12.9. The first-order valence-electron chi connectivity index (χ1n) is 6.09. The van der Waals surface area contributed by atoms with E-state index in [0.717, 1.165) is 17.0 Å². The molecule has 0 bridgehead atoms. The van der Waals surface area contributed by atoms with Gasteiger partial charge in [-0.15, -0.1) is 8.78 Å². The van der Waals surface area contributed by atoms with Crippen molar-refractivity contribution in [2.24, 2.45) is 0 Å². The highest BCUT2D eigenvalue weighted by Gasteiger charge is 2.43. The number of anilines is 1. The molecule has 0 saturated carbocycles. The lowest BCUT2D eigenvalue weighted by atomic mass is 10.2. The fourth-order valence-corrected chi connectivity index (χ4v) is 2.08. The molecular weight excluding hydrogens is 268 g/mol. The summed E-state index contributed by atoms with van der Waals surface area (Å²) in [5.41, 5.74) is 3.60. The average molecular weight is 281 g/mol. The lowest BCUT2D eigenvalue weighted by molar-refractivity contribution is -0.286. The summed E-state index contributed by atoms with van der Waals surface area (Å²) in [5, 5.41) is 10.1. The van der Waals surface area contributed by atoms with Crippen LogP contribution in [0.3, 0.4) is 0 Å². The highest BCUT2D eigenvalue weighted by Crippen LogP contribution is 2.42. The van der Waals surface area contributed by atoms with Gasteiger partial charge >= 0.3 is 6.29 Å². The van der Waals surface area contributed by atoms with Gasteiger partial charge in [0.1, 0.15) is 0 Å². The van der Waals surface area contributed by atoms with Gasteiger partial charge in [-0.1, -0.05) is 0 Å². The van der Waals surface area contributed by atoms with Crippen molar-refractivity contribution in [3.8, 4) is 11.5 Å². The molecule has 0 saturated heterocycles. The summed E-state index contributed by atoms with van der Waals surface area (Å²) in [6.07, 6.45) is -3.58. The van der Waals surface area contributed by atoms with Gasteiger partial charge in [-0.25, -0.2) is 0 Å². The summed E-state index contributed by atoms with van der Waals surface area (Å²) in [6.45, 7) is 4.38. The topological polar surface area (TPSA) is 59.2 Å². The van der Waals surface area contributed by atoms with E-state index in [2.05, 4.69) is 25.0 Å². The third-order valence-corrected chi connectivity index (χ3v) is 3.15. The zero-order valence-electron chi connectivity index (χ0n) is 11.0. The third kappa shape index (κ3) is 2.26. The molecule has 0 amide bonds. The van der Waals surface area contributed by atoms with Gasteiger partial charge in [-0.05, 0) is 26.0 Å². The number of nitrogens with zero attached hydrogens (tertiary/aromatic N) is 1. The van der Waals surface area contributed by atoms with Gasteiger partial charge in [-0.3, -0.25) is 5.10 Å². The molecule has 0 spiro atoms. The number of nitrogens with one attached hydrogen (secondary N) is 2. The Balaban J connectivity index is 1.74. The van der Waals surface area contributed by atoms with E-state index < -0.39 is 6.29 Å². The zero-order valence-corrected chi connectivity index (χ0v) is 11.0. The van der Waals surface area contributed by atoms with E-state index in [-0.39, 0.29) is 11.5 Å². The summed E-state index contributed by atoms with van der Waals surface area (Å²) >= 11 is 0. The Kier molecular flexibility index (Phi) is 2.77. The average Bonchev–Trinajstić information content (AvgIpc) is 2.85. The van der Waals surface area contributed by atoms with E-state index in [4.69, 9.17) is 0 Å². The Labute approximate surface area is 113 Å². The first kappa shape index (κ1) is 12.7. The summed E-state index contributed by atoms with van der Waals surface area (Å²) in [7, 11) is 0. The normalized spacial score (nSPS) is 15.4. The fraction of sp³-hybridized carbons (Fsp3) is 0.308. The molecule has 5 nitrogen and oxygen atoms in total. The summed E-state index contributed by atoms with van der Waals surface area (Å²) in [6, 6.07) is 4.60. The number of rotatable bonds is 3. The van der Waals surface area contributed by atoms with Crippen molar-refractivity contribution in [2.45, 2.75) is 26.7 Å². The first-order valence-corrected chi connectivity index (χ1v) is 6.09. The number of halogens is 2. The molecule has 2 heterocycles. The Morgan fingerprint density at radius 1 is 1.25 bits per heavy atom. The van der Waals surface area contributed by atoms with E-state index in [0.29, 0.717) is 12.2 Å². The van der Waals surface area contributed by atoms with Gasteiger partial charge in [0.2, 0.25) is 0 Å². The first-order chi connectivity index (χ1) is 9.44. The van der Waals surface area contributed by atoms with Crippen molar-refractivity contribution in [3.63, 3.8) is 0 Å². The number of benzene rings is 1. The van der Waals surface area contributed by atoms with Crippen molar-refractivity contribution in [3.05, 3.63) is 35.2 Å². The van der Waals surface area contributed by atoms with Crippen LogP contribution in [0.25, 0.3) is 0 Å². The predicted molar refractivity (Wildman–Crippen MR) is 68.0 cm³/mol. The van der Waals surface area contributed by atoms with Crippen LogP contribution >= 0.6 is 0 Å². The largest absolute Gasteiger partial charge is 0.586 e. The van der Waals surface area contributed by atoms with E-state index in [1.807, 2.05) is 13.8 Å². The zero-order chi connectivity index (χ0) is 14.3. The number of alkyl halides is 2. The number of H-pyrrole nitrogens is 1. The number of ether oxygens (including phenoxy) is 2. The SMILES string of the molecule is Cc1n[nH]c(C)c1CNc1ccc2c(c1)OC(F)(F)O2. The lowest BCUT2D eigenvalue weighted by Crippen LogP contribution is -2.25. The van der Waals surface area contributed by atoms with Crippen molar-refractivity contribution in [1.29, 1.82) is 0 Å². The molecule has 0 atom stereocenters. The maximum Gasteiger partial charge on any atom is 0.586 e. The third-order valence-electron chi connectivity index (χ3n) is 3.15. The molecule has 0 fully saturated rings. The highest BCUT2D eigenvalue weighted by molar-refractivity contribution is 5.56. The second-order valence-electron chi connectivity index (χ2n) is 4.60. The van der Waals surface area contributed by atoms with Crippen LogP contribution in [0.1, 0.15) is 17.0 Å². The quantitative estimate of drug-likeness (QED) is 0.908. The van der Waals surface area contributed by atoms with Crippen LogP contribution < -0.4 is 14.8 Å². The molecule has 20 heavy (non-hydrogen) atoms. The molecule has 2 N–H and O–H groups in total. The second-order valence-corrected chi connectivity index (χ2v) is 4.60. The van der Waals surface area contributed by atoms with Gasteiger partial charge < -0.3 is 14.8 Å². The summed E-state index contributed by atoms with van der Waals surface area (Å²) < 4.78 is 34.6. The predicted octanol–water partition coefficient (Wildman–Crippen LogP) is 2.96. The Morgan fingerprint density at radius 3 is 2.70 bits per heavy atom. The van der Waals surface area contributed by atoms with Crippen LogP contribution in [-0.4, -0.2) is 16.5 Å². The molecule has 2 aromatic rings. The van der Waals surface area contributed by atoms with Gasteiger partial charge in [0.05, 0.1) is 5.69 Å². The van der Waals surface area contributed by atoms with Crippen LogP contribution in [-0.2, 0) is 6.54 Å². The second kappa shape index (κ2) is 4.36. The summed E-state index contributed by atoms with van der Waals surface area (Å²) in [4.78, 5) is 0. The lowest BCUT2D eigenvalue weighted by Gasteiger charge is -2.07.